The van der Waals surface area contributed by atoms with Crippen molar-refractivity contribution in [1.29, 1.82) is 0 Å². The smallest absolute Gasteiger partial charge is 0.315 e. The highest BCUT2D eigenvalue weighted by Crippen LogP contribution is 2.05. The lowest BCUT2D eigenvalue weighted by Gasteiger charge is -2.21. The highest BCUT2D eigenvalue weighted by molar-refractivity contribution is 5.74. The van der Waals surface area contributed by atoms with Crippen LogP contribution in [0.5, 0.6) is 0 Å². The monoisotopic (exact) mass is 282 g/mol. The first-order valence-corrected chi connectivity index (χ1v) is 6.92. The Balaban J connectivity index is 2.32. The van der Waals surface area contributed by atoms with Gasteiger partial charge in [-0.3, -0.25) is 0 Å². The van der Waals surface area contributed by atoms with Gasteiger partial charge in [-0.1, -0.05) is 26.0 Å². The number of aliphatic hydroxyl groups excluding tert-OH is 1. The number of carbonyl (C=O) groups excluding carboxylic acids is 1. The van der Waals surface area contributed by atoms with E-state index in [0.717, 1.165) is 5.56 Å². The molecular formula is C15H23FN2O2. The third kappa shape index (κ3) is 6.02. The fourth-order valence-electron chi connectivity index (χ4n) is 1.94. The van der Waals surface area contributed by atoms with Crippen LogP contribution < -0.4 is 10.6 Å². The van der Waals surface area contributed by atoms with Gasteiger partial charge in [-0.05, 0) is 36.5 Å². The van der Waals surface area contributed by atoms with E-state index in [0.29, 0.717) is 19.4 Å². The Kier molecular flexibility index (Phi) is 7.01. The Hall–Kier alpha value is -1.62. The zero-order valence-electron chi connectivity index (χ0n) is 12.0. The van der Waals surface area contributed by atoms with E-state index in [4.69, 9.17) is 5.11 Å². The Morgan fingerprint density at radius 1 is 1.40 bits per heavy atom. The molecule has 0 radical (unpaired) electrons. The first-order chi connectivity index (χ1) is 9.52. The molecule has 3 N–H and O–H groups in total. The molecule has 1 rings (SSSR count). The third-order valence-electron chi connectivity index (χ3n) is 3.15. The molecule has 0 bridgehead atoms. The van der Waals surface area contributed by atoms with Crippen LogP contribution in [0, 0.1) is 11.7 Å². The average Bonchev–Trinajstić information content (AvgIpc) is 2.38. The predicted molar refractivity (Wildman–Crippen MR) is 77.0 cm³/mol. The summed E-state index contributed by atoms with van der Waals surface area (Å²) in [4.78, 5) is 11.7. The number of rotatable bonds is 7. The maximum Gasteiger partial charge on any atom is 0.315 e. The second-order valence-electron chi connectivity index (χ2n) is 5.14. The van der Waals surface area contributed by atoms with Gasteiger partial charge < -0.3 is 15.7 Å². The van der Waals surface area contributed by atoms with Gasteiger partial charge in [-0.15, -0.1) is 0 Å². The van der Waals surface area contributed by atoms with Gasteiger partial charge in [0.15, 0.2) is 0 Å². The van der Waals surface area contributed by atoms with Gasteiger partial charge in [0.2, 0.25) is 0 Å². The Labute approximate surface area is 119 Å². The standard InChI is InChI=1S/C15H23FN2O2/c1-11(2)14(7-9-19)18-15(20)17-8-6-12-4-3-5-13(16)10-12/h3-5,10-11,14,19H,6-9H2,1-2H3,(H2,17,18,20). The molecule has 0 saturated heterocycles. The quantitative estimate of drug-likeness (QED) is 0.717. The molecular weight excluding hydrogens is 259 g/mol. The molecule has 0 aliphatic carbocycles. The van der Waals surface area contributed by atoms with E-state index >= 15 is 0 Å². The van der Waals surface area contributed by atoms with Crippen molar-refractivity contribution in [2.75, 3.05) is 13.2 Å². The number of nitrogens with one attached hydrogen (secondary N) is 2. The van der Waals surface area contributed by atoms with Crippen LogP contribution in [-0.4, -0.2) is 30.3 Å². The summed E-state index contributed by atoms with van der Waals surface area (Å²) in [5.41, 5.74) is 0.848. The molecule has 0 aliphatic heterocycles. The number of hydrogen-bond acceptors (Lipinski definition) is 2. The highest BCUT2D eigenvalue weighted by atomic mass is 19.1. The van der Waals surface area contributed by atoms with Gasteiger partial charge in [0, 0.05) is 19.2 Å². The van der Waals surface area contributed by atoms with Crippen LogP contribution in [-0.2, 0) is 6.42 Å². The van der Waals surface area contributed by atoms with Gasteiger partial charge >= 0.3 is 6.03 Å². The molecule has 0 aromatic heterocycles. The summed E-state index contributed by atoms with van der Waals surface area (Å²) in [6, 6.07) is 6.03. The fraction of sp³-hybridized carbons (Fsp3) is 0.533. The SMILES string of the molecule is CC(C)C(CCO)NC(=O)NCCc1cccc(F)c1. The molecule has 1 unspecified atom stereocenters. The Bertz CT molecular complexity index is 424. The summed E-state index contributed by atoms with van der Waals surface area (Å²) in [5.74, 6) is -0.00844. The van der Waals surface area contributed by atoms with Crippen molar-refractivity contribution >= 4 is 6.03 Å². The van der Waals surface area contributed by atoms with Crippen LogP contribution in [0.15, 0.2) is 24.3 Å². The molecule has 0 spiro atoms. The van der Waals surface area contributed by atoms with E-state index in [9.17, 15) is 9.18 Å². The number of benzene rings is 1. The van der Waals surface area contributed by atoms with Crippen LogP contribution in [0.3, 0.4) is 0 Å². The van der Waals surface area contributed by atoms with Crippen molar-refractivity contribution in [2.45, 2.75) is 32.7 Å². The van der Waals surface area contributed by atoms with Crippen LogP contribution in [0.4, 0.5) is 9.18 Å². The van der Waals surface area contributed by atoms with Gasteiger partial charge in [-0.25, -0.2) is 9.18 Å². The molecule has 0 aliphatic rings. The third-order valence-corrected chi connectivity index (χ3v) is 3.15. The fourth-order valence-corrected chi connectivity index (χ4v) is 1.94. The molecule has 1 aromatic carbocycles. The van der Waals surface area contributed by atoms with Gasteiger partial charge in [0.25, 0.3) is 0 Å². The largest absolute Gasteiger partial charge is 0.396 e. The summed E-state index contributed by atoms with van der Waals surface area (Å²) in [6.45, 7) is 4.48. The van der Waals surface area contributed by atoms with E-state index in [-0.39, 0.29) is 30.4 Å². The van der Waals surface area contributed by atoms with E-state index < -0.39 is 0 Å². The van der Waals surface area contributed by atoms with E-state index in [2.05, 4.69) is 10.6 Å². The summed E-state index contributed by atoms with van der Waals surface area (Å²) >= 11 is 0. The Morgan fingerprint density at radius 2 is 2.15 bits per heavy atom. The first kappa shape index (κ1) is 16.4. The van der Waals surface area contributed by atoms with E-state index in [1.165, 1.54) is 12.1 Å². The van der Waals surface area contributed by atoms with Crippen molar-refractivity contribution in [3.8, 4) is 0 Å². The maximum atomic E-state index is 13.0. The van der Waals surface area contributed by atoms with Gasteiger partial charge in [0.1, 0.15) is 5.82 Å². The lowest BCUT2D eigenvalue weighted by Crippen LogP contribution is -2.45. The van der Waals surface area contributed by atoms with Crippen LogP contribution in [0.1, 0.15) is 25.8 Å². The minimum atomic E-state index is -0.269. The van der Waals surface area contributed by atoms with Crippen molar-refractivity contribution < 1.29 is 14.3 Å². The maximum absolute atomic E-state index is 13.0. The zero-order valence-corrected chi connectivity index (χ0v) is 12.0. The second-order valence-corrected chi connectivity index (χ2v) is 5.14. The highest BCUT2D eigenvalue weighted by Gasteiger charge is 2.14. The molecule has 112 valence electrons. The Morgan fingerprint density at radius 3 is 2.75 bits per heavy atom. The molecule has 2 amide bonds. The molecule has 5 heteroatoms. The summed E-state index contributed by atoms with van der Waals surface area (Å²) < 4.78 is 13.0. The van der Waals surface area contributed by atoms with Crippen LogP contribution in [0.2, 0.25) is 0 Å². The lowest BCUT2D eigenvalue weighted by molar-refractivity contribution is 0.219. The zero-order chi connectivity index (χ0) is 15.0. The lowest BCUT2D eigenvalue weighted by atomic mass is 10.0. The van der Waals surface area contributed by atoms with E-state index in [1.807, 2.05) is 19.9 Å². The molecule has 1 atom stereocenters. The number of amides is 2. The number of urea groups is 1. The minimum Gasteiger partial charge on any atom is -0.396 e. The summed E-state index contributed by atoms with van der Waals surface area (Å²) in [7, 11) is 0. The molecule has 20 heavy (non-hydrogen) atoms. The summed E-state index contributed by atoms with van der Waals surface area (Å²) in [6.07, 6.45) is 1.12. The predicted octanol–water partition coefficient (Wildman–Crippen LogP) is 2.07. The van der Waals surface area contributed by atoms with Crippen LogP contribution in [0.25, 0.3) is 0 Å². The average molecular weight is 282 g/mol. The number of aliphatic hydroxyl groups is 1. The molecule has 4 nitrogen and oxygen atoms in total. The molecule has 1 aromatic rings. The van der Waals surface area contributed by atoms with Crippen molar-refractivity contribution in [2.24, 2.45) is 5.92 Å². The van der Waals surface area contributed by atoms with Crippen molar-refractivity contribution in [3.63, 3.8) is 0 Å². The number of carbonyl (C=O) groups is 1. The van der Waals surface area contributed by atoms with Crippen LogP contribution >= 0.6 is 0 Å². The normalized spacial score (nSPS) is 12.2. The van der Waals surface area contributed by atoms with Gasteiger partial charge in [-0.2, -0.15) is 0 Å². The minimum absolute atomic E-state index is 0.0471. The topological polar surface area (TPSA) is 61.4 Å². The number of hydrogen-bond donors (Lipinski definition) is 3. The van der Waals surface area contributed by atoms with Gasteiger partial charge in [0.05, 0.1) is 0 Å². The van der Waals surface area contributed by atoms with Crippen molar-refractivity contribution in [1.82, 2.24) is 10.6 Å². The molecule has 0 saturated carbocycles. The van der Waals surface area contributed by atoms with E-state index in [1.54, 1.807) is 6.07 Å². The molecule has 0 heterocycles. The summed E-state index contributed by atoms with van der Waals surface area (Å²) in [5, 5.41) is 14.5. The second kappa shape index (κ2) is 8.53. The molecule has 0 fully saturated rings. The van der Waals surface area contributed by atoms with Crippen molar-refractivity contribution in [3.05, 3.63) is 35.6 Å². The number of halogens is 1. The first-order valence-electron chi connectivity index (χ1n) is 6.92.